The second kappa shape index (κ2) is 4.71. The lowest BCUT2D eigenvalue weighted by atomic mass is 9.73. The van der Waals surface area contributed by atoms with Crippen LogP contribution in [0.25, 0.3) is 0 Å². The predicted octanol–water partition coefficient (Wildman–Crippen LogP) is 4.29. The van der Waals surface area contributed by atoms with E-state index < -0.39 is 0 Å². The first-order valence-electron chi connectivity index (χ1n) is 5.77. The summed E-state index contributed by atoms with van der Waals surface area (Å²) < 4.78 is 1.18. The first-order chi connectivity index (χ1) is 7.51. The molecule has 1 nitrogen and oxygen atoms in total. The molecule has 0 aromatic heterocycles. The molecule has 1 aromatic carbocycles. The SMILES string of the molecule is CC(C)Sc1ccc(C2(N)CCC2)cc1Br. The maximum Gasteiger partial charge on any atom is 0.0410 e. The van der Waals surface area contributed by atoms with Crippen LogP contribution in [-0.2, 0) is 5.54 Å². The van der Waals surface area contributed by atoms with E-state index in [1.165, 1.54) is 21.4 Å². The van der Waals surface area contributed by atoms with Gasteiger partial charge in [0.05, 0.1) is 0 Å². The van der Waals surface area contributed by atoms with Gasteiger partial charge in [-0.2, -0.15) is 0 Å². The molecule has 0 heterocycles. The van der Waals surface area contributed by atoms with E-state index in [2.05, 4.69) is 48.0 Å². The zero-order valence-electron chi connectivity index (χ0n) is 9.79. The number of hydrogen-bond acceptors (Lipinski definition) is 2. The zero-order chi connectivity index (χ0) is 11.8. The molecule has 0 radical (unpaired) electrons. The lowest BCUT2D eigenvalue weighted by Crippen LogP contribution is -2.43. The van der Waals surface area contributed by atoms with Gasteiger partial charge < -0.3 is 5.73 Å². The third kappa shape index (κ3) is 2.47. The van der Waals surface area contributed by atoms with Crippen LogP contribution < -0.4 is 5.73 Å². The summed E-state index contributed by atoms with van der Waals surface area (Å²) in [5.74, 6) is 0. The maximum absolute atomic E-state index is 6.32. The summed E-state index contributed by atoms with van der Waals surface area (Å²) in [5.41, 5.74) is 7.54. The normalized spacial score (nSPS) is 18.6. The first kappa shape index (κ1) is 12.5. The van der Waals surface area contributed by atoms with E-state index >= 15 is 0 Å². The molecule has 2 N–H and O–H groups in total. The van der Waals surface area contributed by atoms with Gasteiger partial charge in [0.25, 0.3) is 0 Å². The highest BCUT2D eigenvalue weighted by molar-refractivity contribution is 9.10. The number of hydrogen-bond donors (Lipinski definition) is 1. The average molecular weight is 300 g/mol. The smallest absolute Gasteiger partial charge is 0.0410 e. The Bertz CT molecular complexity index is 386. The third-order valence-electron chi connectivity index (χ3n) is 3.12. The Morgan fingerprint density at radius 3 is 2.50 bits per heavy atom. The fraction of sp³-hybridized carbons (Fsp3) is 0.538. The van der Waals surface area contributed by atoms with Crippen LogP contribution in [0.15, 0.2) is 27.6 Å². The van der Waals surface area contributed by atoms with Gasteiger partial charge in [-0.05, 0) is 52.9 Å². The molecule has 1 saturated carbocycles. The highest BCUT2D eigenvalue weighted by Crippen LogP contribution is 2.41. The van der Waals surface area contributed by atoms with E-state index in [9.17, 15) is 0 Å². The minimum Gasteiger partial charge on any atom is -0.321 e. The zero-order valence-corrected chi connectivity index (χ0v) is 12.2. The van der Waals surface area contributed by atoms with Crippen molar-refractivity contribution in [1.29, 1.82) is 0 Å². The molecule has 1 fully saturated rings. The molecule has 0 aliphatic heterocycles. The molecule has 16 heavy (non-hydrogen) atoms. The highest BCUT2D eigenvalue weighted by atomic mass is 79.9. The summed E-state index contributed by atoms with van der Waals surface area (Å²) in [6.45, 7) is 4.42. The van der Waals surface area contributed by atoms with Crippen molar-refractivity contribution >= 4 is 27.7 Å². The van der Waals surface area contributed by atoms with E-state index in [0.29, 0.717) is 5.25 Å². The summed E-state index contributed by atoms with van der Waals surface area (Å²) in [6, 6.07) is 6.58. The van der Waals surface area contributed by atoms with Crippen LogP contribution in [0, 0.1) is 0 Å². The lowest BCUT2D eigenvalue weighted by molar-refractivity contribution is 0.253. The number of benzene rings is 1. The molecule has 0 unspecified atom stereocenters. The molecule has 0 amide bonds. The molecule has 3 heteroatoms. The lowest BCUT2D eigenvalue weighted by Gasteiger charge is -2.38. The summed E-state index contributed by atoms with van der Waals surface area (Å²) in [7, 11) is 0. The largest absolute Gasteiger partial charge is 0.321 e. The Morgan fingerprint density at radius 2 is 2.06 bits per heavy atom. The fourth-order valence-corrected chi connectivity index (χ4v) is 3.49. The van der Waals surface area contributed by atoms with E-state index in [-0.39, 0.29) is 5.54 Å². The van der Waals surface area contributed by atoms with Crippen LogP contribution in [-0.4, -0.2) is 5.25 Å². The van der Waals surface area contributed by atoms with Crippen molar-refractivity contribution < 1.29 is 0 Å². The molecule has 0 spiro atoms. The Morgan fingerprint density at radius 1 is 1.38 bits per heavy atom. The van der Waals surface area contributed by atoms with Crippen LogP contribution >= 0.6 is 27.7 Å². The van der Waals surface area contributed by atoms with Crippen LogP contribution in [0.3, 0.4) is 0 Å². The van der Waals surface area contributed by atoms with Gasteiger partial charge in [-0.1, -0.05) is 19.9 Å². The van der Waals surface area contributed by atoms with Crippen molar-refractivity contribution in [3.05, 3.63) is 28.2 Å². The van der Waals surface area contributed by atoms with Gasteiger partial charge >= 0.3 is 0 Å². The van der Waals surface area contributed by atoms with Crippen molar-refractivity contribution in [2.24, 2.45) is 5.73 Å². The number of thioether (sulfide) groups is 1. The van der Waals surface area contributed by atoms with Crippen LogP contribution in [0.2, 0.25) is 0 Å². The number of nitrogens with two attached hydrogens (primary N) is 1. The van der Waals surface area contributed by atoms with Gasteiger partial charge in [0.2, 0.25) is 0 Å². The Hall–Kier alpha value is 0.01000. The minimum absolute atomic E-state index is 0.0520. The molecule has 1 aliphatic carbocycles. The molecule has 2 rings (SSSR count). The van der Waals surface area contributed by atoms with Gasteiger partial charge in [-0.3, -0.25) is 0 Å². The van der Waals surface area contributed by atoms with Crippen LogP contribution in [0.1, 0.15) is 38.7 Å². The summed E-state index contributed by atoms with van der Waals surface area (Å²) in [4.78, 5) is 1.31. The van der Waals surface area contributed by atoms with Gasteiger partial charge in [-0.25, -0.2) is 0 Å². The van der Waals surface area contributed by atoms with Gasteiger partial charge in [0.1, 0.15) is 0 Å². The summed E-state index contributed by atoms with van der Waals surface area (Å²) in [6.07, 6.45) is 3.50. The van der Waals surface area contributed by atoms with Crippen molar-refractivity contribution in [2.45, 2.75) is 48.8 Å². The Kier molecular flexibility index (Phi) is 3.67. The molecule has 1 aliphatic rings. The molecule has 0 bridgehead atoms. The van der Waals surface area contributed by atoms with Crippen LogP contribution in [0.4, 0.5) is 0 Å². The molecular weight excluding hydrogens is 282 g/mol. The number of rotatable bonds is 3. The highest BCUT2D eigenvalue weighted by Gasteiger charge is 2.34. The van der Waals surface area contributed by atoms with Crippen molar-refractivity contribution in [2.75, 3.05) is 0 Å². The van der Waals surface area contributed by atoms with Crippen molar-refractivity contribution in [3.8, 4) is 0 Å². The minimum atomic E-state index is -0.0520. The summed E-state index contributed by atoms with van der Waals surface area (Å²) in [5, 5.41) is 0.609. The maximum atomic E-state index is 6.32. The monoisotopic (exact) mass is 299 g/mol. The first-order valence-corrected chi connectivity index (χ1v) is 7.44. The summed E-state index contributed by atoms with van der Waals surface area (Å²) >= 11 is 5.53. The van der Waals surface area contributed by atoms with E-state index in [1.807, 2.05) is 11.8 Å². The molecule has 0 saturated heterocycles. The van der Waals surface area contributed by atoms with Crippen molar-refractivity contribution in [3.63, 3.8) is 0 Å². The Labute approximate surface area is 110 Å². The topological polar surface area (TPSA) is 26.0 Å². The quantitative estimate of drug-likeness (QED) is 0.843. The molecular formula is C13H18BrNS. The second-order valence-electron chi connectivity index (χ2n) is 4.82. The van der Waals surface area contributed by atoms with Gasteiger partial charge in [0, 0.05) is 20.2 Å². The average Bonchev–Trinajstić information content (AvgIpc) is 2.17. The molecule has 1 aromatic rings. The second-order valence-corrected chi connectivity index (χ2v) is 7.29. The van der Waals surface area contributed by atoms with E-state index in [1.54, 1.807) is 0 Å². The van der Waals surface area contributed by atoms with Gasteiger partial charge in [-0.15, -0.1) is 11.8 Å². The standard InChI is InChI=1S/C13H18BrNS/c1-9(2)16-12-5-4-10(8-11(12)14)13(15)6-3-7-13/h4-5,8-9H,3,6-7,15H2,1-2H3. The fourth-order valence-electron chi connectivity index (χ4n) is 2.01. The predicted molar refractivity (Wildman–Crippen MR) is 74.9 cm³/mol. The molecule has 88 valence electrons. The Balaban J connectivity index is 2.22. The third-order valence-corrected chi connectivity index (χ3v) is 5.12. The van der Waals surface area contributed by atoms with E-state index in [4.69, 9.17) is 5.73 Å². The number of halogens is 1. The van der Waals surface area contributed by atoms with Crippen molar-refractivity contribution in [1.82, 2.24) is 0 Å². The van der Waals surface area contributed by atoms with E-state index in [0.717, 1.165) is 12.8 Å². The molecule has 0 atom stereocenters. The van der Waals surface area contributed by atoms with Gasteiger partial charge in [0.15, 0.2) is 0 Å². The van der Waals surface area contributed by atoms with Crippen LogP contribution in [0.5, 0.6) is 0 Å².